The first kappa shape index (κ1) is 62.9. The highest BCUT2D eigenvalue weighted by atomic mass is 15.2. The summed E-state index contributed by atoms with van der Waals surface area (Å²) in [5, 5.41) is 0. The smallest absolute Gasteiger partial charge is 0.252 e. The maximum Gasteiger partial charge on any atom is 0.252 e. The van der Waals surface area contributed by atoms with Crippen molar-refractivity contribution in [3.05, 3.63) is 270 Å². The number of anilines is 6. The van der Waals surface area contributed by atoms with Crippen molar-refractivity contribution in [2.24, 2.45) is 0 Å². The number of rotatable bonds is 8. The average Bonchev–Trinajstić information content (AvgIpc) is 0.695. The van der Waals surface area contributed by atoms with E-state index >= 15 is 0 Å². The lowest BCUT2D eigenvalue weighted by molar-refractivity contribution is 0.568. The van der Waals surface area contributed by atoms with Crippen molar-refractivity contribution in [1.82, 2.24) is 0 Å². The van der Waals surface area contributed by atoms with Gasteiger partial charge in [0.15, 0.2) is 0 Å². The molecule has 0 aromatic heterocycles. The van der Waals surface area contributed by atoms with Gasteiger partial charge in [-0.15, -0.1) is 0 Å². The van der Waals surface area contributed by atoms with E-state index in [-0.39, 0.29) is 39.2 Å². The van der Waals surface area contributed by atoms with Crippen LogP contribution in [0.3, 0.4) is 0 Å². The fraction of sp³-hybridized carbons (Fsp3) is 0.267. The first-order chi connectivity index (χ1) is 43.9. The highest BCUT2D eigenvalue weighted by Gasteiger charge is 2.45. The summed E-state index contributed by atoms with van der Waals surface area (Å²) in [4.78, 5) is 5.27. The Balaban J connectivity index is 1.11. The van der Waals surface area contributed by atoms with Gasteiger partial charge in [0.2, 0.25) is 0 Å². The molecule has 93 heavy (non-hydrogen) atoms. The number of hydrogen-bond donors (Lipinski definition) is 0. The molecule has 0 unspecified atom stereocenters. The maximum atomic E-state index is 2.63. The van der Waals surface area contributed by atoms with Crippen LogP contribution in [0.1, 0.15) is 158 Å². The highest BCUT2D eigenvalue weighted by molar-refractivity contribution is 7.00. The van der Waals surface area contributed by atoms with Gasteiger partial charge in [0.05, 0.1) is 11.4 Å². The van der Waals surface area contributed by atoms with Gasteiger partial charge >= 0.3 is 0 Å². The zero-order valence-corrected chi connectivity index (χ0v) is 58.5. The van der Waals surface area contributed by atoms with Gasteiger partial charge in [0.25, 0.3) is 6.71 Å². The predicted octanol–water partition coefficient (Wildman–Crippen LogP) is 23.6. The zero-order valence-electron chi connectivity index (χ0n) is 58.5. The molecule has 2 heterocycles. The van der Waals surface area contributed by atoms with Gasteiger partial charge in [0, 0.05) is 33.9 Å². The fourth-order valence-corrected chi connectivity index (χ4v) is 14.6. The van der Waals surface area contributed by atoms with Crippen molar-refractivity contribution < 1.29 is 0 Å². The molecule has 0 atom stereocenters. The molecule has 0 saturated heterocycles. The van der Waals surface area contributed by atoms with E-state index in [1.54, 1.807) is 0 Å². The molecule has 2 aliphatic heterocycles. The van der Waals surface area contributed by atoms with E-state index in [0.717, 1.165) is 11.4 Å². The summed E-state index contributed by atoms with van der Waals surface area (Å²) in [6.07, 6.45) is 0. The van der Waals surface area contributed by atoms with E-state index in [1.807, 2.05) is 0 Å². The molecule has 466 valence electrons. The first-order valence-electron chi connectivity index (χ1n) is 33.9. The van der Waals surface area contributed by atoms with Crippen molar-refractivity contribution in [3.63, 3.8) is 0 Å². The SMILES string of the molecule is CC(C)(C)c1cc(-c2ccccc2-c2ccc3c(c2)N(c2ccccc2-c2ccccc2C(C)(C)C)c2cccc4c2B3c2ccc(-c3ccccc3-c3cc(C(C)(C)C)cc(C(C)(C)C)c3)cc2N4c2ccccc2-c2ccccc2C(C)(C)C)cc(C(C)(C)C)c1. The largest absolute Gasteiger partial charge is 0.311 e. The van der Waals surface area contributed by atoms with E-state index in [1.165, 1.54) is 139 Å². The Kier molecular flexibility index (Phi) is 15.5. The molecule has 0 spiro atoms. The summed E-state index contributed by atoms with van der Waals surface area (Å²) in [5.74, 6) is 0. The van der Waals surface area contributed by atoms with E-state index in [2.05, 4.69) is 371 Å². The number of para-hydroxylation sites is 2. The molecule has 2 aliphatic rings. The first-order valence-corrected chi connectivity index (χ1v) is 33.9. The van der Waals surface area contributed by atoms with Gasteiger partial charge < -0.3 is 9.80 Å². The number of fused-ring (bicyclic) bond motifs is 4. The number of nitrogens with zero attached hydrogens (tertiary/aromatic N) is 2. The van der Waals surface area contributed by atoms with E-state index < -0.39 is 0 Å². The third kappa shape index (κ3) is 11.6. The normalized spacial score (nSPS) is 13.4. The van der Waals surface area contributed by atoms with Crippen LogP contribution in [-0.4, -0.2) is 6.71 Å². The summed E-state index contributed by atoms with van der Waals surface area (Å²) in [6, 6.07) is 91.4. The Hall–Kier alpha value is -8.92. The average molecular weight is 1210 g/mol. The molecule has 11 aromatic rings. The monoisotopic (exact) mass is 1210 g/mol. The van der Waals surface area contributed by atoms with Gasteiger partial charge in [-0.2, -0.15) is 0 Å². The van der Waals surface area contributed by atoms with E-state index in [9.17, 15) is 0 Å². The Labute approximate surface area is 557 Å². The maximum absolute atomic E-state index is 2.63. The summed E-state index contributed by atoms with van der Waals surface area (Å²) < 4.78 is 0. The van der Waals surface area contributed by atoms with Crippen LogP contribution in [0.2, 0.25) is 0 Å². The van der Waals surface area contributed by atoms with E-state index in [4.69, 9.17) is 0 Å². The molecule has 0 N–H and O–H groups in total. The summed E-state index contributed by atoms with van der Waals surface area (Å²) in [5.41, 5.74) is 33.1. The lowest BCUT2D eigenvalue weighted by Gasteiger charge is -2.45. The molecule has 2 nitrogen and oxygen atoms in total. The van der Waals surface area contributed by atoms with Crippen molar-refractivity contribution in [1.29, 1.82) is 0 Å². The van der Waals surface area contributed by atoms with Crippen LogP contribution in [0.4, 0.5) is 34.1 Å². The Bertz CT molecular complexity index is 4340. The Morgan fingerprint density at radius 2 is 0.495 bits per heavy atom. The third-order valence-corrected chi connectivity index (χ3v) is 19.8. The van der Waals surface area contributed by atoms with Crippen LogP contribution in [0.25, 0.3) is 66.8 Å². The fourth-order valence-electron chi connectivity index (χ4n) is 14.6. The topological polar surface area (TPSA) is 6.48 Å². The molecular weight excluding hydrogens is 1120 g/mol. The van der Waals surface area contributed by atoms with Crippen LogP contribution >= 0.6 is 0 Å². The second-order valence-corrected chi connectivity index (χ2v) is 32.7. The van der Waals surface area contributed by atoms with Gasteiger partial charge in [-0.1, -0.05) is 325 Å². The molecule has 0 bridgehead atoms. The van der Waals surface area contributed by atoms with Gasteiger partial charge in [-0.25, -0.2) is 0 Å². The summed E-state index contributed by atoms with van der Waals surface area (Å²) in [6.45, 7) is 42.0. The van der Waals surface area contributed by atoms with Gasteiger partial charge in [0.1, 0.15) is 0 Å². The minimum atomic E-state index is -0.124. The quantitative estimate of drug-likeness (QED) is 0.140. The molecule has 0 aliphatic carbocycles. The molecule has 0 fully saturated rings. The van der Waals surface area contributed by atoms with Gasteiger partial charge in [-0.3, -0.25) is 0 Å². The molecule has 0 amide bonds. The predicted molar refractivity (Wildman–Crippen MR) is 405 cm³/mol. The molecule has 13 rings (SSSR count). The van der Waals surface area contributed by atoms with Crippen molar-refractivity contribution in [3.8, 4) is 66.8 Å². The standard InChI is InChI=1S/C90H93BN2/c1-85(2,3)62-50-60(51-63(56-62)86(4,5)6)68-34-21-19-32-66(68)58-46-48-76-82(54-58)92(78-42-29-25-38-72(78)70-36-23-27-40-74(70)89(13,14)15)80-44-31-45-81-84(80)91(76)77-49-47-59(67-33-20-22-35-69(67)61-52-64(87(7,8)9)57-65(53-61)88(10,11)12)55-83(77)93(81)79-43-30-26-39-73(79)71-37-24-28-41-75(71)90(16,17)18/h19-57H,1-18H3. The Morgan fingerprint density at radius 3 is 0.817 bits per heavy atom. The third-order valence-electron chi connectivity index (χ3n) is 19.8. The highest BCUT2D eigenvalue weighted by Crippen LogP contribution is 2.52. The van der Waals surface area contributed by atoms with Crippen molar-refractivity contribution in [2.45, 2.75) is 157 Å². The van der Waals surface area contributed by atoms with Crippen LogP contribution in [0.15, 0.2) is 237 Å². The van der Waals surface area contributed by atoms with Crippen LogP contribution in [-0.2, 0) is 32.5 Å². The summed E-state index contributed by atoms with van der Waals surface area (Å²) in [7, 11) is 0. The second kappa shape index (κ2) is 23.0. The van der Waals surface area contributed by atoms with Crippen LogP contribution < -0.4 is 26.2 Å². The number of hydrogen-bond acceptors (Lipinski definition) is 2. The minimum Gasteiger partial charge on any atom is -0.311 e. The van der Waals surface area contributed by atoms with Gasteiger partial charge in [-0.05, 0) is 174 Å². The number of benzene rings is 11. The minimum absolute atomic E-state index is 0.0360. The van der Waals surface area contributed by atoms with Crippen molar-refractivity contribution >= 4 is 57.2 Å². The van der Waals surface area contributed by atoms with Crippen molar-refractivity contribution in [2.75, 3.05) is 9.80 Å². The lowest BCUT2D eigenvalue weighted by Crippen LogP contribution is -2.61. The lowest BCUT2D eigenvalue weighted by atomic mass is 9.33. The molecule has 0 saturated carbocycles. The molecule has 11 aromatic carbocycles. The molecule has 3 heteroatoms. The summed E-state index contributed by atoms with van der Waals surface area (Å²) >= 11 is 0. The van der Waals surface area contributed by atoms with E-state index in [0.29, 0.717) is 0 Å². The van der Waals surface area contributed by atoms with Crippen LogP contribution in [0.5, 0.6) is 0 Å². The molecule has 0 radical (unpaired) electrons. The molecular formula is C90H93BN2. The second-order valence-electron chi connectivity index (χ2n) is 32.7. The zero-order chi connectivity index (χ0) is 65.9. The Morgan fingerprint density at radius 1 is 0.215 bits per heavy atom. The van der Waals surface area contributed by atoms with Crippen LogP contribution in [0, 0.1) is 0 Å².